The Morgan fingerprint density at radius 1 is 1.07 bits per heavy atom. The molecule has 4 nitrogen and oxygen atoms in total. The van der Waals surface area contributed by atoms with Crippen molar-refractivity contribution in [2.45, 2.75) is 25.7 Å². The molecular weight excluding hydrogens is 356 g/mol. The standard InChI is InChI=1S/C22H27ClN4/c1-26-15-27(14-4-5-16-8-9-16)22(25)20-7-3-2-6-19(20)21(24)17-10-12-18(23)13-11-17/h2-3,6-7,10-13,16,24-26H,4-5,8-9,14-15H2,1H3. The van der Waals surface area contributed by atoms with Gasteiger partial charge in [-0.25, -0.2) is 0 Å². The molecule has 2 aromatic carbocycles. The van der Waals surface area contributed by atoms with Crippen molar-refractivity contribution in [1.29, 1.82) is 10.8 Å². The number of hydrogen-bond donors (Lipinski definition) is 3. The van der Waals surface area contributed by atoms with Crippen molar-refractivity contribution in [3.8, 4) is 0 Å². The first kappa shape index (κ1) is 19.6. The molecule has 1 aliphatic rings. The Balaban J connectivity index is 1.80. The van der Waals surface area contributed by atoms with Gasteiger partial charge in [0.2, 0.25) is 0 Å². The smallest absolute Gasteiger partial charge is 0.129 e. The minimum Gasteiger partial charge on any atom is -0.344 e. The minimum atomic E-state index is 0.411. The summed E-state index contributed by atoms with van der Waals surface area (Å²) >= 11 is 5.98. The van der Waals surface area contributed by atoms with Crippen molar-refractivity contribution in [2.24, 2.45) is 5.92 Å². The van der Waals surface area contributed by atoms with Crippen LogP contribution in [0.4, 0.5) is 0 Å². The molecule has 0 bridgehead atoms. The molecule has 27 heavy (non-hydrogen) atoms. The summed E-state index contributed by atoms with van der Waals surface area (Å²) in [6.45, 7) is 1.49. The van der Waals surface area contributed by atoms with Crippen LogP contribution >= 0.6 is 11.6 Å². The van der Waals surface area contributed by atoms with Crippen LogP contribution in [0, 0.1) is 16.7 Å². The van der Waals surface area contributed by atoms with Crippen molar-refractivity contribution in [2.75, 3.05) is 20.3 Å². The van der Waals surface area contributed by atoms with E-state index in [0.717, 1.165) is 35.6 Å². The van der Waals surface area contributed by atoms with Gasteiger partial charge >= 0.3 is 0 Å². The monoisotopic (exact) mass is 382 g/mol. The van der Waals surface area contributed by atoms with E-state index < -0.39 is 0 Å². The second kappa shape index (κ2) is 9.16. The number of halogens is 1. The van der Waals surface area contributed by atoms with Gasteiger partial charge in [-0.2, -0.15) is 0 Å². The van der Waals surface area contributed by atoms with E-state index in [1.807, 2.05) is 43.4 Å². The fourth-order valence-corrected chi connectivity index (χ4v) is 3.41. The summed E-state index contributed by atoms with van der Waals surface area (Å²) in [6.07, 6.45) is 5.08. The third-order valence-electron chi connectivity index (χ3n) is 4.99. The van der Waals surface area contributed by atoms with Crippen molar-refractivity contribution >= 4 is 23.1 Å². The van der Waals surface area contributed by atoms with E-state index in [2.05, 4.69) is 10.2 Å². The molecule has 142 valence electrons. The Kier molecular flexibility index (Phi) is 6.64. The Bertz CT molecular complexity index is 796. The summed E-state index contributed by atoms with van der Waals surface area (Å²) in [5, 5.41) is 21.3. The molecule has 0 amide bonds. The Hall–Kier alpha value is -2.17. The van der Waals surface area contributed by atoms with Crippen LogP contribution in [-0.2, 0) is 0 Å². The fourth-order valence-electron chi connectivity index (χ4n) is 3.29. The molecule has 0 atom stereocenters. The van der Waals surface area contributed by atoms with Crippen LogP contribution in [-0.4, -0.2) is 36.7 Å². The van der Waals surface area contributed by atoms with Gasteiger partial charge in [0.25, 0.3) is 0 Å². The molecule has 1 fully saturated rings. The third kappa shape index (κ3) is 5.18. The lowest BCUT2D eigenvalue weighted by atomic mass is 9.96. The van der Waals surface area contributed by atoms with E-state index in [0.29, 0.717) is 23.2 Å². The highest BCUT2D eigenvalue weighted by Crippen LogP contribution is 2.33. The van der Waals surface area contributed by atoms with Crippen LogP contribution in [0.2, 0.25) is 5.02 Å². The molecule has 1 saturated carbocycles. The highest BCUT2D eigenvalue weighted by Gasteiger charge is 2.22. The van der Waals surface area contributed by atoms with Crippen LogP contribution in [0.25, 0.3) is 0 Å². The first-order chi connectivity index (χ1) is 13.1. The lowest BCUT2D eigenvalue weighted by molar-refractivity contribution is 0.378. The van der Waals surface area contributed by atoms with Crippen molar-refractivity contribution in [3.05, 3.63) is 70.2 Å². The van der Waals surface area contributed by atoms with Crippen LogP contribution < -0.4 is 5.32 Å². The quantitative estimate of drug-likeness (QED) is 0.333. The van der Waals surface area contributed by atoms with Gasteiger partial charge in [0, 0.05) is 28.3 Å². The maximum absolute atomic E-state index is 8.79. The number of nitrogens with zero attached hydrogens (tertiary/aromatic N) is 1. The fraction of sp³-hybridized carbons (Fsp3) is 0.364. The topological polar surface area (TPSA) is 63.0 Å². The van der Waals surface area contributed by atoms with E-state index in [9.17, 15) is 0 Å². The van der Waals surface area contributed by atoms with E-state index in [4.69, 9.17) is 22.4 Å². The maximum Gasteiger partial charge on any atom is 0.129 e. The molecule has 5 heteroatoms. The van der Waals surface area contributed by atoms with Crippen LogP contribution in [0.5, 0.6) is 0 Å². The van der Waals surface area contributed by atoms with Gasteiger partial charge in [-0.15, -0.1) is 0 Å². The van der Waals surface area contributed by atoms with E-state index in [1.54, 1.807) is 12.1 Å². The van der Waals surface area contributed by atoms with Crippen molar-refractivity contribution in [3.63, 3.8) is 0 Å². The lowest BCUT2D eigenvalue weighted by Gasteiger charge is -2.26. The zero-order valence-corrected chi connectivity index (χ0v) is 16.5. The van der Waals surface area contributed by atoms with Gasteiger partial charge in [-0.1, -0.05) is 60.8 Å². The summed E-state index contributed by atoms with van der Waals surface area (Å²) in [5.74, 6) is 1.37. The molecule has 0 radical (unpaired) electrons. The van der Waals surface area contributed by atoms with Crippen LogP contribution in [0.15, 0.2) is 48.5 Å². The summed E-state index contributed by atoms with van der Waals surface area (Å²) < 4.78 is 0. The predicted octanol–water partition coefficient (Wildman–Crippen LogP) is 4.75. The number of benzene rings is 2. The van der Waals surface area contributed by atoms with Gasteiger partial charge in [-0.05, 0) is 37.9 Å². The van der Waals surface area contributed by atoms with Gasteiger partial charge in [0.05, 0.1) is 12.4 Å². The SMILES string of the molecule is CNCN(CCCC1CC1)C(=N)c1ccccc1C(=N)c1ccc(Cl)cc1. The molecule has 0 aliphatic heterocycles. The first-order valence-corrected chi connectivity index (χ1v) is 9.90. The average Bonchev–Trinajstić information content (AvgIpc) is 3.51. The highest BCUT2D eigenvalue weighted by molar-refractivity contribution is 6.30. The van der Waals surface area contributed by atoms with E-state index in [-0.39, 0.29) is 0 Å². The second-order valence-electron chi connectivity index (χ2n) is 7.14. The van der Waals surface area contributed by atoms with E-state index in [1.165, 1.54) is 19.3 Å². The molecular formula is C22H27ClN4. The summed E-state index contributed by atoms with van der Waals surface area (Å²) in [5.41, 5.74) is 2.77. The van der Waals surface area contributed by atoms with E-state index >= 15 is 0 Å². The minimum absolute atomic E-state index is 0.411. The number of hydrogen-bond acceptors (Lipinski definition) is 3. The van der Waals surface area contributed by atoms with Crippen LogP contribution in [0.1, 0.15) is 42.4 Å². The zero-order valence-electron chi connectivity index (χ0n) is 15.8. The number of amidine groups is 1. The molecule has 0 saturated heterocycles. The maximum atomic E-state index is 8.79. The first-order valence-electron chi connectivity index (χ1n) is 9.52. The second-order valence-corrected chi connectivity index (χ2v) is 7.57. The molecule has 3 N–H and O–H groups in total. The van der Waals surface area contributed by atoms with Crippen molar-refractivity contribution in [1.82, 2.24) is 10.2 Å². The molecule has 1 aliphatic carbocycles. The largest absolute Gasteiger partial charge is 0.344 e. The van der Waals surface area contributed by atoms with Crippen LogP contribution in [0.3, 0.4) is 0 Å². The molecule has 0 unspecified atom stereocenters. The summed E-state index contributed by atoms with van der Waals surface area (Å²) in [6, 6.07) is 15.0. The van der Waals surface area contributed by atoms with Gasteiger partial charge in [-0.3, -0.25) is 10.8 Å². The average molecular weight is 383 g/mol. The highest BCUT2D eigenvalue weighted by atomic mass is 35.5. The van der Waals surface area contributed by atoms with Gasteiger partial charge in [0.1, 0.15) is 5.84 Å². The predicted molar refractivity (Wildman–Crippen MR) is 113 cm³/mol. The Morgan fingerprint density at radius 2 is 1.74 bits per heavy atom. The Morgan fingerprint density at radius 3 is 2.37 bits per heavy atom. The normalized spacial score (nSPS) is 13.4. The van der Waals surface area contributed by atoms with Gasteiger partial charge < -0.3 is 10.2 Å². The summed E-state index contributed by atoms with van der Waals surface area (Å²) in [4.78, 5) is 2.07. The third-order valence-corrected chi connectivity index (χ3v) is 5.24. The molecule has 0 spiro atoms. The number of rotatable bonds is 9. The lowest BCUT2D eigenvalue weighted by Crippen LogP contribution is -2.39. The molecule has 0 heterocycles. The van der Waals surface area contributed by atoms with Gasteiger partial charge in [0.15, 0.2) is 0 Å². The molecule has 0 aromatic heterocycles. The molecule has 3 rings (SSSR count). The summed E-state index contributed by atoms with van der Waals surface area (Å²) in [7, 11) is 1.91. The zero-order chi connectivity index (χ0) is 19.2. The number of nitrogens with one attached hydrogen (secondary N) is 3. The van der Waals surface area contributed by atoms with Crippen molar-refractivity contribution < 1.29 is 0 Å². The Labute approximate surface area is 166 Å². The molecule has 2 aromatic rings.